The normalized spacial score (nSPS) is 13.7. The van der Waals surface area contributed by atoms with Gasteiger partial charge in [-0.2, -0.15) is 0 Å². The van der Waals surface area contributed by atoms with Crippen LogP contribution in [0.4, 0.5) is 0 Å². The molecule has 0 saturated heterocycles. The second-order valence-electron chi connectivity index (χ2n) is 6.16. The van der Waals surface area contributed by atoms with Crippen molar-refractivity contribution in [1.29, 1.82) is 0 Å². The van der Waals surface area contributed by atoms with Gasteiger partial charge in [-0.15, -0.1) is 0 Å². The Balaban J connectivity index is 1.94. The molecule has 24 heavy (non-hydrogen) atoms. The van der Waals surface area contributed by atoms with E-state index in [4.69, 9.17) is 5.73 Å². The molecule has 0 aliphatic rings. The highest BCUT2D eigenvalue weighted by atomic mass is 16.2. The van der Waals surface area contributed by atoms with Gasteiger partial charge in [-0.25, -0.2) is 4.98 Å². The number of nitrogens with one attached hydrogen (secondary N) is 3. The number of hydrogen-bond donors (Lipinski definition) is 4. The number of benzene rings is 1. The lowest BCUT2D eigenvalue weighted by atomic mass is 10.1. The van der Waals surface area contributed by atoms with Crippen molar-refractivity contribution < 1.29 is 9.59 Å². The Labute approximate surface area is 141 Å². The van der Waals surface area contributed by atoms with Crippen LogP contribution in [0.1, 0.15) is 39.1 Å². The largest absolute Gasteiger partial charge is 0.346 e. The molecule has 2 aromatic rings. The average Bonchev–Trinajstić information content (AvgIpc) is 3.00. The minimum atomic E-state index is -0.616. The number of fused-ring (bicyclic) bond motifs is 1. The van der Waals surface area contributed by atoms with E-state index in [-0.39, 0.29) is 30.3 Å². The monoisotopic (exact) mass is 331 g/mol. The summed E-state index contributed by atoms with van der Waals surface area (Å²) in [5.74, 6) is 0.132. The molecule has 7 nitrogen and oxygen atoms in total. The maximum atomic E-state index is 12.1. The number of H-pyrrole nitrogens is 1. The zero-order valence-corrected chi connectivity index (χ0v) is 14.3. The Bertz CT molecular complexity index is 677. The minimum absolute atomic E-state index is 0.0204. The zero-order chi connectivity index (χ0) is 17.7. The number of carbonyl (C=O) groups is 2. The van der Waals surface area contributed by atoms with Crippen molar-refractivity contribution in [2.45, 2.75) is 39.3 Å². The summed E-state index contributed by atoms with van der Waals surface area (Å²) in [6, 6.07) is 6.85. The molecule has 0 aliphatic carbocycles. The zero-order valence-electron chi connectivity index (χ0n) is 14.3. The fourth-order valence-corrected chi connectivity index (χ4v) is 2.33. The summed E-state index contributed by atoms with van der Waals surface area (Å²) >= 11 is 0. The number of aromatic amines is 1. The molecule has 1 unspecified atom stereocenters. The predicted octanol–water partition coefficient (Wildman–Crippen LogP) is 1.23. The Morgan fingerprint density at radius 3 is 2.62 bits per heavy atom. The van der Waals surface area contributed by atoms with E-state index in [0.717, 1.165) is 11.0 Å². The fourth-order valence-electron chi connectivity index (χ4n) is 2.33. The molecule has 1 heterocycles. The SMILES string of the molecule is CCC(NC(=O)CNC(=O)[C@@H](N)C(C)C)c1nc2ccccc2[nH]1. The van der Waals surface area contributed by atoms with Crippen LogP contribution in [0.25, 0.3) is 11.0 Å². The van der Waals surface area contributed by atoms with Crippen molar-refractivity contribution in [1.82, 2.24) is 20.6 Å². The first-order valence-electron chi connectivity index (χ1n) is 8.19. The average molecular weight is 331 g/mol. The van der Waals surface area contributed by atoms with Crippen molar-refractivity contribution in [2.24, 2.45) is 11.7 Å². The second-order valence-corrected chi connectivity index (χ2v) is 6.16. The summed E-state index contributed by atoms with van der Waals surface area (Å²) in [6.07, 6.45) is 0.686. The summed E-state index contributed by atoms with van der Waals surface area (Å²) in [5, 5.41) is 5.44. The van der Waals surface area contributed by atoms with Gasteiger partial charge in [0, 0.05) is 0 Å². The summed E-state index contributed by atoms with van der Waals surface area (Å²) in [6.45, 7) is 5.58. The van der Waals surface area contributed by atoms with E-state index < -0.39 is 6.04 Å². The topological polar surface area (TPSA) is 113 Å². The quantitative estimate of drug-likeness (QED) is 0.611. The molecule has 0 aliphatic heterocycles. The van der Waals surface area contributed by atoms with Crippen molar-refractivity contribution in [2.75, 3.05) is 6.54 Å². The highest BCUT2D eigenvalue weighted by Crippen LogP contribution is 2.17. The molecule has 2 amide bonds. The Kier molecular flexibility index (Phi) is 5.92. The van der Waals surface area contributed by atoms with E-state index in [1.54, 1.807) is 0 Å². The van der Waals surface area contributed by atoms with Gasteiger partial charge in [0.15, 0.2) is 0 Å². The summed E-state index contributed by atoms with van der Waals surface area (Å²) in [4.78, 5) is 31.6. The third-order valence-corrected chi connectivity index (χ3v) is 3.93. The van der Waals surface area contributed by atoms with E-state index >= 15 is 0 Å². The lowest BCUT2D eigenvalue weighted by Crippen LogP contribution is -2.47. The van der Waals surface area contributed by atoms with Crippen molar-refractivity contribution in [3.63, 3.8) is 0 Å². The number of hydrogen-bond acceptors (Lipinski definition) is 4. The summed E-state index contributed by atoms with van der Waals surface area (Å²) in [5.41, 5.74) is 7.53. The summed E-state index contributed by atoms with van der Waals surface area (Å²) in [7, 11) is 0. The molecule has 2 atom stereocenters. The number of rotatable bonds is 7. The maximum Gasteiger partial charge on any atom is 0.239 e. The van der Waals surface area contributed by atoms with Gasteiger partial charge in [0.05, 0.1) is 29.7 Å². The van der Waals surface area contributed by atoms with Crippen LogP contribution >= 0.6 is 0 Å². The highest BCUT2D eigenvalue weighted by Gasteiger charge is 2.20. The molecule has 0 fully saturated rings. The first-order valence-corrected chi connectivity index (χ1v) is 8.19. The molecule has 1 aromatic carbocycles. The van der Waals surface area contributed by atoms with Crippen LogP contribution in [-0.4, -0.2) is 34.4 Å². The van der Waals surface area contributed by atoms with Gasteiger partial charge in [0.25, 0.3) is 0 Å². The molecule has 0 spiro atoms. The number of aromatic nitrogens is 2. The Morgan fingerprint density at radius 2 is 2.00 bits per heavy atom. The molecule has 130 valence electrons. The number of imidazole rings is 1. The standard InChI is InChI=1S/C17H25N5O2/c1-4-11(16-21-12-7-5-6-8-13(12)22-16)20-14(23)9-19-17(24)15(18)10(2)3/h5-8,10-11,15H,4,9,18H2,1-3H3,(H,19,24)(H,20,23)(H,21,22)/t11?,15-/m0/s1. The van der Waals surface area contributed by atoms with Gasteiger partial charge < -0.3 is 21.4 Å². The first-order chi connectivity index (χ1) is 11.4. The number of carbonyl (C=O) groups excluding carboxylic acids is 2. The summed E-state index contributed by atoms with van der Waals surface area (Å²) < 4.78 is 0. The van der Waals surface area contributed by atoms with Crippen LogP contribution in [0.5, 0.6) is 0 Å². The third-order valence-electron chi connectivity index (χ3n) is 3.93. The van der Waals surface area contributed by atoms with Crippen molar-refractivity contribution >= 4 is 22.8 Å². The number of nitrogens with two attached hydrogens (primary N) is 1. The van der Waals surface area contributed by atoms with Gasteiger partial charge in [-0.1, -0.05) is 32.9 Å². The molecule has 5 N–H and O–H groups in total. The van der Waals surface area contributed by atoms with Crippen LogP contribution in [0.2, 0.25) is 0 Å². The number of para-hydroxylation sites is 2. The van der Waals surface area contributed by atoms with Gasteiger partial charge in [0.2, 0.25) is 11.8 Å². The lowest BCUT2D eigenvalue weighted by Gasteiger charge is -2.17. The molecule has 0 saturated carbocycles. The van der Waals surface area contributed by atoms with Gasteiger partial charge >= 0.3 is 0 Å². The number of nitrogens with zero attached hydrogens (tertiary/aromatic N) is 1. The molecule has 2 rings (SSSR count). The van der Waals surface area contributed by atoms with E-state index in [2.05, 4.69) is 20.6 Å². The van der Waals surface area contributed by atoms with Gasteiger partial charge in [-0.05, 0) is 24.5 Å². The van der Waals surface area contributed by atoms with Crippen LogP contribution in [0, 0.1) is 5.92 Å². The van der Waals surface area contributed by atoms with Gasteiger partial charge in [-0.3, -0.25) is 9.59 Å². The lowest BCUT2D eigenvalue weighted by molar-refractivity contribution is -0.127. The smallest absolute Gasteiger partial charge is 0.239 e. The second kappa shape index (κ2) is 7.92. The third kappa shape index (κ3) is 4.32. The van der Waals surface area contributed by atoms with Crippen LogP contribution in [0.3, 0.4) is 0 Å². The van der Waals surface area contributed by atoms with E-state index in [1.165, 1.54) is 0 Å². The molecular formula is C17H25N5O2. The van der Waals surface area contributed by atoms with Crippen molar-refractivity contribution in [3.8, 4) is 0 Å². The molecule has 0 radical (unpaired) electrons. The number of amides is 2. The minimum Gasteiger partial charge on any atom is -0.346 e. The van der Waals surface area contributed by atoms with E-state index in [0.29, 0.717) is 12.2 Å². The highest BCUT2D eigenvalue weighted by molar-refractivity contribution is 5.87. The van der Waals surface area contributed by atoms with E-state index in [9.17, 15) is 9.59 Å². The van der Waals surface area contributed by atoms with Crippen LogP contribution in [0.15, 0.2) is 24.3 Å². The Hall–Kier alpha value is -2.41. The maximum absolute atomic E-state index is 12.1. The van der Waals surface area contributed by atoms with Crippen molar-refractivity contribution in [3.05, 3.63) is 30.1 Å². The fraction of sp³-hybridized carbons (Fsp3) is 0.471. The Morgan fingerprint density at radius 1 is 1.29 bits per heavy atom. The van der Waals surface area contributed by atoms with Crippen LogP contribution < -0.4 is 16.4 Å². The van der Waals surface area contributed by atoms with E-state index in [1.807, 2.05) is 45.0 Å². The molecule has 0 bridgehead atoms. The van der Waals surface area contributed by atoms with Gasteiger partial charge in [0.1, 0.15) is 5.82 Å². The molecular weight excluding hydrogens is 306 g/mol. The molecule has 7 heteroatoms. The van der Waals surface area contributed by atoms with Crippen LogP contribution in [-0.2, 0) is 9.59 Å². The predicted molar refractivity (Wildman–Crippen MR) is 93.1 cm³/mol. The molecule has 1 aromatic heterocycles. The first kappa shape index (κ1) is 17.9.